The van der Waals surface area contributed by atoms with Gasteiger partial charge in [-0.1, -0.05) is 13.8 Å². The van der Waals surface area contributed by atoms with E-state index < -0.39 is 0 Å². The first-order chi connectivity index (χ1) is 10.1. The molecular formula is C17H25FN2O. The monoisotopic (exact) mass is 292 g/mol. The Kier molecular flexibility index (Phi) is 5.74. The minimum atomic E-state index is -0.318. The quantitative estimate of drug-likeness (QED) is 0.874. The number of benzene rings is 1. The van der Waals surface area contributed by atoms with Crippen LogP contribution in [-0.2, 0) is 0 Å². The Morgan fingerprint density at radius 1 is 1.24 bits per heavy atom. The van der Waals surface area contributed by atoms with Gasteiger partial charge in [0.25, 0.3) is 5.91 Å². The highest BCUT2D eigenvalue weighted by Crippen LogP contribution is 2.17. The van der Waals surface area contributed by atoms with Gasteiger partial charge in [-0.2, -0.15) is 0 Å². The summed E-state index contributed by atoms with van der Waals surface area (Å²) in [5.41, 5.74) is 0.515. The lowest BCUT2D eigenvalue weighted by molar-refractivity contribution is 0.0933. The van der Waals surface area contributed by atoms with Crippen LogP contribution in [-0.4, -0.2) is 36.5 Å². The van der Waals surface area contributed by atoms with Crippen molar-refractivity contribution in [2.45, 2.75) is 39.2 Å². The summed E-state index contributed by atoms with van der Waals surface area (Å²) in [4.78, 5) is 14.6. The van der Waals surface area contributed by atoms with Crippen LogP contribution in [0.1, 0.15) is 43.5 Å². The summed E-state index contributed by atoms with van der Waals surface area (Å²) in [6, 6.07) is 6.09. The van der Waals surface area contributed by atoms with Crippen molar-refractivity contribution in [1.29, 1.82) is 0 Å². The van der Waals surface area contributed by atoms with E-state index >= 15 is 0 Å². The Morgan fingerprint density at radius 3 is 2.43 bits per heavy atom. The molecule has 1 aromatic rings. The van der Waals surface area contributed by atoms with Gasteiger partial charge in [-0.3, -0.25) is 9.69 Å². The SMILES string of the molecule is CC(C)CC(CNC(=O)c1ccc(F)cc1)N1CCCC1. The average Bonchev–Trinajstić information content (AvgIpc) is 2.97. The number of carbonyl (C=O) groups is 1. The maximum absolute atomic E-state index is 12.9. The predicted molar refractivity (Wildman–Crippen MR) is 82.8 cm³/mol. The van der Waals surface area contributed by atoms with E-state index in [0.717, 1.165) is 19.5 Å². The number of hydrogen-bond acceptors (Lipinski definition) is 2. The third kappa shape index (κ3) is 4.81. The molecular weight excluding hydrogens is 267 g/mol. The zero-order valence-electron chi connectivity index (χ0n) is 12.9. The van der Waals surface area contributed by atoms with Crippen LogP contribution >= 0.6 is 0 Å². The van der Waals surface area contributed by atoms with E-state index in [1.165, 1.54) is 37.1 Å². The topological polar surface area (TPSA) is 32.3 Å². The van der Waals surface area contributed by atoms with Gasteiger partial charge in [-0.25, -0.2) is 4.39 Å². The van der Waals surface area contributed by atoms with E-state index in [1.807, 2.05) is 0 Å². The number of carbonyl (C=O) groups excluding carboxylic acids is 1. The molecule has 1 atom stereocenters. The molecule has 1 fully saturated rings. The molecule has 0 aliphatic carbocycles. The van der Waals surface area contributed by atoms with Gasteiger partial charge in [-0.15, -0.1) is 0 Å². The molecule has 1 saturated heterocycles. The number of amides is 1. The summed E-state index contributed by atoms with van der Waals surface area (Å²) >= 11 is 0. The lowest BCUT2D eigenvalue weighted by Gasteiger charge is -2.29. The van der Waals surface area contributed by atoms with Crippen LogP contribution < -0.4 is 5.32 Å². The van der Waals surface area contributed by atoms with Crippen molar-refractivity contribution in [3.05, 3.63) is 35.6 Å². The molecule has 1 aliphatic rings. The Morgan fingerprint density at radius 2 is 1.86 bits per heavy atom. The van der Waals surface area contributed by atoms with Crippen LogP contribution in [0.5, 0.6) is 0 Å². The maximum Gasteiger partial charge on any atom is 0.251 e. The second-order valence-electron chi connectivity index (χ2n) is 6.24. The summed E-state index contributed by atoms with van der Waals surface area (Å²) in [6.07, 6.45) is 3.59. The number of rotatable bonds is 6. The van der Waals surface area contributed by atoms with E-state index in [9.17, 15) is 9.18 Å². The van der Waals surface area contributed by atoms with Crippen LogP contribution in [0.15, 0.2) is 24.3 Å². The molecule has 3 nitrogen and oxygen atoms in total. The third-order valence-corrected chi connectivity index (χ3v) is 4.01. The molecule has 1 aliphatic heterocycles. The molecule has 1 heterocycles. The Hall–Kier alpha value is -1.42. The lowest BCUT2D eigenvalue weighted by Crippen LogP contribution is -2.43. The van der Waals surface area contributed by atoms with E-state index in [2.05, 4.69) is 24.1 Å². The van der Waals surface area contributed by atoms with Gasteiger partial charge in [-0.05, 0) is 62.5 Å². The van der Waals surface area contributed by atoms with Crippen LogP contribution in [0.25, 0.3) is 0 Å². The average molecular weight is 292 g/mol. The van der Waals surface area contributed by atoms with Crippen LogP contribution in [0, 0.1) is 11.7 Å². The highest BCUT2D eigenvalue weighted by molar-refractivity contribution is 5.94. The molecule has 0 aromatic heterocycles. The van der Waals surface area contributed by atoms with Crippen molar-refractivity contribution < 1.29 is 9.18 Å². The van der Waals surface area contributed by atoms with Crippen molar-refractivity contribution in [2.24, 2.45) is 5.92 Å². The second kappa shape index (κ2) is 7.55. The van der Waals surface area contributed by atoms with E-state index in [-0.39, 0.29) is 11.7 Å². The zero-order valence-corrected chi connectivity index (χ0v) is 12.9. The molecule has 0 bridgehead atoms. The second-order valence-corrected chi connectivity index (χ2v) is 6.24. The summed E-state index contributed by atoms with van der Waals surface area (Å²) in [7, 11) is 0. The molecule has 0 radical (unpaired) electrons. The lowest BCUT2D eigenvalue weighted by atomic mass is 10.0. The molecule has 1 amide bonds. The summed E-state index contributed by atoms with van der Waals surface area (Å²) in [5, 5.41) is 3.00. The number of hydrogen-bond donors (Lipinski definition) is 1. The van der Waals surface area contributed by atoms with Crippen LogP contribution in [0.4, 0.5) is 4.39 Å². The molecule has 0 saturated carbocycles. The number of nitrogens with one attached hydrogen (secondary N) is 1. The van der Waals surface area contributed by atoms with E-state index in [1.54, 1.807) is 0 Å². The first kappa shape index (κ1) is 16.0. The summed E-state index contributed by atoms with van der Waals surface area (Å²) < 4.78 is 12.9. The molecule has 1 aromatic carbocycles. The van der Waals surface area contributed by atoms with Gasteiger partial charge in [0.15, 0.2) is 0 Å². The fourth-order valence-electron chi connectivity index (χ4n) is 2.93. The predicted octanol–water partition coefficient (Wildman–Crippen LogP) is 3.07. The highest BCUT2D eigenvalue weighted by Gasteiger charge is 2.23. The standard InChI is InChI=1S/C17H25FN2O/c1-13(2)11-16(20-9-3-4-10-20)12-19-17(21)14-5-7-15(18)8-6-14/h5-8,13,16H,3-4,9-12H2,1-2H3,(H,19,21). The van der Waals surface area contributed by atoms with E-state index in [4.69, 9.17) is 0 Å². The van der Waals surface area contributed by atoms with Gasteiger partial charge in [0.05, 0.1) is 0 Å². The summed E-state index contributed by atoms with van der Waals surface area (Å²) in [5.74, 6) is 0.169. The normalized spacial score (nSPS) is 17.1. The van der Waals surface area contributed by atoms with Gasteiger partial charge in [0, 0.05) is 18.2 Å². The Bertz CT molecular complexity index is 452. The van der Waals surface area contributed by atoms with Crippen molar-refractivity contribution in [2.75, 3.05) is 19.6 Å². The number of nitrogens with zero attached hydrogens (tertiary/aromatic N) is 1. The van der Waals surface area contributed by atoms with Gasteiger partial charge in [0.1, 0.15) is 5.82 Å². The number of likely N-dealkylation sites (tertiary alicyclic amines) is 1. The maximum atomic E-state index is 12.9. The molecule has 4 heteroatoms. The van der Waals surface area contributed by atoms with Gasteiger partial charge in [0.2, 0.25) is 0 Å². The first-order valence-corrected chi connectivity index (χ1v) is 7.84. The first-order valence-electron chi connectivity index (χ1n) is 7.84. The Balaban J connectivity index is 1.90. The minimum Gasteiger partial charge on any atom is -0.350 e. The minimum absolute atomic E-state index is 0.122. The van der Waals surface area contributed by atoms with E-state index in [0.29, 0.717) is 24.1 Å². The van der Waals surface area contributed by atoms with Crippen molar-refractivity contribution >= 4 is 5.91 Å². The van der Waals surface area contributed by atoms with Gasteiger partial charge < -0.3 is 5.32 Å². The van der Waals surface area contributed by atoms with Gasteiger partial charge >= 0.3 is 0 Å². The highest BCUT2D eigenvalue weighted by atomic mass is 19.1. The van der Waals surface area contributed by atoms with Crippen LogP contribution in [0.2, 0.25) is 0 Å². The largest absolute Gasteiger partial charge is 0.350 e. The fourth-order valence-corrected chi connectivity index (χ4v) is 2.93. The molecule has 1 unspecified atom stereocenters. The Labute approximate surface area is 126 Å². The van der Waals surface area contributed by atoms with Crippen molar-refractivity contribution in [3.63, 3.8) is 0 Å². The molecule has 116 valence electrons. The van der Waals surface area contributed by atoms with Crippen molar-refractivity contribution in [3.8, 4) is 0 Å². The molecule has 0 spiro atoms. The van der Waals surface area contributed by atoms with Crippen molar-refractivity contribution in [1.82, 2.24) is 10.2 Å². The molecule has 1 N–H and O–H groups in total. The third-order valence-electron chi connectivity index (χ3n) is 4.01. The molecule has 21 heavy (non-hydrogen) atoms. The fraction of sp³-hybridized carbons (Fsp3) is 0.588. The van der Waals surface area contributed by atoms with Crippen LogP contribution in [0.3, 0.4) is 0 Å². The zero-order chi connectivity index (χ0) is 15.2. The smallest absolute Gasteiger partial charge is 0.251 e. The molecule has 2 rings (SSSR count). The number of halogens is 1. The summed E-state index contributed by atoms with van der Waals surface area (Å²) in [6.45, 7) is 7.34.